The van der Waals surface area contributed by atoms with Crippen molar-refractivity contribution in [1.82, 2.24) is 4.98 Å². The van der Waals surface area contributed by atoms with Gasteiger partial charge in [0.25, 0.3) is 5.91 Å². The number of hydrogen-bond donors (Lipinski definition) is 1. The summed E-state index contributed by atoms with van der Waals surface area (Å²) < 4.78 is 0. The highest BCUT2D eigenvalue weighted by Gasteiger charge is 2.38. The minimum atomic E-state index is -1.03. The van der Waals surface area contributed by atoms with Gasteiger partial charge in [0.15, 0.2) is 0 Å². The number of para-hydroxylation sites is 1. The number of hydrogen-bond acceptors (Lipinski definition) is 3. The van der Waals surface area contributed by atoms with Crippen LogP contribution in [-0.2, 0) is 11.2 Å². The SMILES string of the molecule is O=C(O)C1Cc2ccccc2N1C(=O)c1ccc(Cl)nc1. The molecule has 1 aliphatic heterocycles. The van der Waals surface area contributed by atoms with Gasteiger partial charge in [-0.15, -0.1) is 0 Å². The number of carbonyl (C=O) groups excluding carboxylic acids is 1. The molecule has 0 saturated heterocycles. The second-order valence-corrected chi connectivity index (χ2v) is 5.12. The summed E-state index contributed by atoms with van der Waals surface area (Å²) in [4.78, 5) is 29.2. The summed E-state index contributed by atoms with van der Waals surface area (Å²) in [5.74, 6) is -1.42. The van der Waals surface area contributed by atoms with Crippen molar-refractivity contribution < 1.29 is 14.7 Å². The number of aromatic nitrogens is 1. The van der Waals surface area contributed by atoms with E-state index in [1.807, 2.05) is 12.1 Å². The lowest BCUT2D eigenvalue weighted by Gasteiger charge is -2.22. The van der Waals surface area contributed by atoms with E-state index >= 15 is 0 Å². The molecular formula is C15H11ClN2O3. The number of rotatable bonds is 2. The van der Waals surface area contributed by atoms with Crippen LogP contribution < -0.4 is 4.90 Å². The monoisotopic (exact) mass is 302 g/mol. The van der Waals surface area contributed by atoms with Gasteiger partial charge >= 0.3 is 5.97 Å². The molecule has 0 saturated carbocycles. The summed E-state index contributed by atoms with van der Waals surface area (Å²) in [5, 5.41) is 9.65. The van der Waals surface area contributed by atoms with Gasteiger partial charge < -0.3 is 5.11 Å². The molecule has 1 atom stereocenters. The van der Waals surface area contributed by atoms with Gasteiger partial charge in [0.05, 0.1) is 5.56 Å². The Morgan fingerprint density at radius 3 is 2.67 bits per heavy atom. The molecule has 1 unspecified atom stereocenters. The Bertz CT molecular complexity index is 715. The number of carboxylic acids is 1. The zero-order chi connectivity index (χ0) is 15.0. The number of pyridine rings is 1. The molecule has 2 aromatic rings. The van der Waals surface area contributed by atoms with Gasteiger partial charge in [0.2, 0.25) is 0 Å². The molecule has 21 heavy (non-hydrogen) atoms. The fraction of sp³-hybridized carbons (Fsp3) is 0.133. The van der Waals surface area contributed by atoms with Crippen LogP contribution in [-0.4, -0.2) is 28.0 Å². The molecule has 1 aliphatic rings. The average molecular weight is 303 g/mol. The molecule has 0 spiro atoms. The Morgan fingerprint density at radius 1 is 1.24 bits per heavy atom. The maximum atomic E-state index is 12.6. The summed E-state index contributed by atoms with van der Waals surface area (Å²) in [7, 11) is 0. The zero-order valence-corrected chi connectivity index (χ0v) is 11.6. The Morgan fingerprint density at radius 2 is 2.00 bits per heavy atom. The quantitative estimate of drug-likeness (QED) is 0.865. The Labute approximate surface area is 125 Å². The van der Waals surface area contributed by atoms with Gasteiger partial charge in [0, 0.05) is 18.3 Å². The normalized spacial score (nSPS) is 16.6. The van der Waals surface area contributed by atoms with Crippen LogP contribution in [0.3, 0.4) is 0 Å². The van der Waals surface area contributed by atoms with Crippen molar-refractivity contribution in [3.05, 3.63) is 58.9 Å². The number of carboxylic acid groups (broad SMARTS) is 1. The third-order valence-corrected chi connectivity index (χ3v) is 3.68. The lowest BCUT2D eigenvalue weighted by molar-refractivity contribution is -0.138. The van der Waals surface area contributed by atoms with E-state index in [0.717, 1.165) is 5.56 Å². The molecule has 0 fully saturated rings. The van der Waals surface area contributed by atoms with Gasteiger partial charge in [-0.25, -0.2) is 9.78 Å². The number of fused-ring (bicyclic) bond motifs is 1. The molecule has 6 heteroatoms. The van der Waals surface area contributed by atoms with Crippen LogP contribution >= 0.6 is 11.6 Å². The van der Waals surface area contributed by atoms with Gasteiger partial charge in [-0.2, -0.15) is 0 Å². The number of carbonyl (C=O) groups is 2. The van der Waals surface area contributed by atoms with Crippen molar-refractivity contribution in [3.8, 4) is 0 Å². The van der Waals surface area contributed by atoms with Crippen LogP contribution in [0.4, 0.5) is 5.69 Å². The first-order valence-corrected chi connectivity index (χ1v) is 6.71. The Kier molecular flexibility index (Phi) is 3.35. The van der Waals surface area contributed by atoms with E-state index in [9.17, 15) is 14.7 Å². The number of halogens is 1. The smallest absolute Gasteiger partial charge is 0.327 e. The van der Waals surface area contributed by atoms with Crippen LogP contribution in [0.1, 0.15) is 15.9 Å². The number of nitrogens with zero attached hydrogens (tertiary/aromatic N) is 2. The van der Waals surface area contributed by atoms with Gasteiger partial charge in [-0.1, -0.05) is 29.8 Å². The third kappa shape index (κ3) is 2.36. The average Bonchev–Trinajstić information content (AvgIpc) is 2.87. The predicted octanol–water partition coefficient (Wildman–Crippen LogP) is 2.39. The highest BCUT2D eigenvalue weighted by Crippen LogP contribution is 2.33. The fourth-order valence-corrected chi connectivity index (χ4v) is 2.59. The fourth-order valence-electron chi connectivity index (χ4n) is 2.48. The second kappa shape index (κ2) is 5.18. The zero-order valence-electron chi connectivity index (χ0n) is 10.9. The van der Waals surface area contributed by atoms with E-state index in [1.54, 1.807) is 12.1 Å². The molecule has 1 aromatic carbocycles. The van der Waals surface area contributed by atoms with Crippen LogP contribution in [0, 0.1) is 0 Å². The molecular weight excluding hydrogens is 292 g/mol. The third-order valence-electron chi connectivity index (χ3n) is 3.45. The summed E-state index contributed by atoms with van der Waals surface area (Å²) in [6.45, 7) is 0. The largest absolute Gasteiger partial charge is 0.480 e. The molecule has 3 rings (SSSR count). The van der Waals surface area contributed by atoms with E-state index in [2.05, 4.69) is 4.98 Å². The molecule has 1 aromatic heterocycles. The summed E-state index contributed by atoms with van der Waals surface area (Å²) >= 11 is 5.71. The second-order valence-electron chi connectivity index (χ2n) is 4.73. The Hall–Kier alpha value is -2.40. The van der Waals surface area contributed by atoms with E-state index in [1.165, 1.54) is 23.2 Å². The number of aliphatic carboxylic acids is 1. The molecule has 5 nitrogen and oxygen atoms in total. The summed E-state index contributed by atoms with van der Waals surface area (Å²) in [6, 6.07) is 9.34. The maximum Gasteiger partial charge on any atom is 0.327 e. The van der Waals surface area contributed by atoms with Crippen molar-refractivity contribution in [3.63, 3.8) is 0 Å². The van der Waals surface area contributed by atoms with Crippen molar-refractivity contribution in [1.29, 1.82) is 0 Å². The lowest BCUT2D eigenvalue weighted by atomic mass is 10.1. The molecule has 0 bridgehead atoms. The first kappa shape index (κ1) is 13.6. The van der Waals surface area contributed by atoms with E-state index in [4.69, 9.17) is 11.6 Å². The topological polar surface area (TPSA) is 70.5 Å². The summed E-state index contributed by atoms with van der Waals surface area (Å²) in [6.07, 6.45) is 1.66. The molecule has 1 amide bonds. The van der Waals surface area contributed by atoms with E-state index in [0.29, 0.717) is 17.7 Å². The number of anilines is 1. The lowest BCUT2D eigenvalue weighted by Crippen LogP contribution is -2.42. The molecule has 0 aliphatic carbocycles. The number of benzene rings is 1. The molecule has 0 radical (unpaired) electrons. The molecule has 106 valence electrons. The van der Waals surface area contributed by atoms with Crippen LogP contribution in [0.5, 0.6) is 0 Å². The first-order valence-electron chi connectivity index (χ1n) is 6.34. The summed E-state index contributed by atoms with van der Waals surface area (Å²) in [5.41, 5.74) is 1.78. The van der Waals surface area contributed by atoms with Crippen molar-refractivity contribution >= 4 is 29.2 Å². The van der Waals surface area contributed by atoms with Crippen molar-refractivity contribution in [2.24, 2.45) is 0 Å². The molecule has 1 N–H and O–H groups in total. The number of amides is 1. The van der Waals surface area contributed by atoms with Crippen LogP contribution in [0.25, 0.3) is 0 Å². The van der Waals surface area contributed by atoms with Crippen molar-refractivity contribution in [2.75, 3.05) is 4.90 Å². The van der Waals surface area contributed by atoms with E-state index in [-0.39, 0.29) is 5.15 Å². The molecule has 2 heterocycles. The van der Waals surface area contributed by atoms with Gasteiger partial charge in [-0.05, 0) is 23.8 Å². The first-order chi connectivity index (χ1) is 10.1. The van der Waals surface area contributed by atoms with Crippen LogP contribution in [0.2, 0.25) is 5.15 Å². The standard InChI is InChI=1S/C15H11ClN2O3/c16-13-6-5-10(8-17-13)14(19)18-11-4-2-1-3-9(11)7-12(18)15(20)21/h1-6,8,12H,7H2,(H,20,21). The highest BCUT2D eigenvalue weighted by atomic mass is 35.5. The van der Waals surface area contributed by atoms with Gasteiger partial charge in [0.1, 0.15) is 11.2 Å². The van der Waals surface area contributed by atoms with E-state index < -0.39 is 17.9 Å². The highest BCUT2D eigenvalue weighted by molar-refractivity contribution is 6.29. The van der Waals surface area contributed by atoms with Gasteiger partial charge in [-0.3, -0.25) is 9.69 Å². The van der Waals surface area contributed by atoms with Crippen molar-refractivity contribution in [2.45, 2.75) is 12.5 Å². The van der Waals surface area contributed by atoms with Crippen LogP contribution in [0.15, 0.2) is 42.6 Å². The minimum absolute atomic E-state index is 0.281. The predicted molar refractivity (Wildman–Crippen MR) is 77.6 cm³/mol. The minimum Gasteiger partial charge on any atom is -0.480 e. The maximum absolute atomic E-state index is 12.6. The Balaban J connectivity index is 2.03.